The van der Waals surface area contributed by atoms with Crippen molar-refractivity contribution >= 4 is 16.3 Å². The number of ether oxygens (including phenoxy) is 1. The molecule has 0 unspecified atom stereocenters. The molecule has 140 valence electrons. The lowest BCUT2D eigenvalue weighted by Crippen LogP contribution is -2.14. The molecule has 27 heavy (non-hydrogen) atoms. The summed E-state index contributed by atoms with van der Waals surface area (Å²) >= 11 is 0. The molecule has 0 aliphatic carbocycles. The van der Waals surface area contributed by atoms with Crippen LogP contribution in [-0.4, -0.2) is 25.8 Å². The Bertz CT molecular complexity index is 1140. The lowest BCUT2D eigenvalue weighted by molar-refractivity contribution is 0.112. The Morgan fingerprint density at radius 3 is 2.33 bits per heavy atom. The molecule has 3 rings (SSSR count). The molecular formula is C18H12F3NO4S. The molecule has 0 aliphatic heterocycles. The van der Waals surface area contributed by atoms with Gasteiger partial charge in [0, 0.05) is 17.8 Å². The van der Waals surface area contributed by atoms with Gasteiger partial charge in [0.15, 0.2) is 12.0 Å². The Morgan fingerprint density at radius 1 is 1.04 bits per heavy atom. The number of rotatable bonds is 5. The van der Waals surface area contributed by atoms with Gasteiger partial charge in [-0.05, 0) is 30.3 Å². The first-order chi connectivity index (χ1) is 12.8. The normalized spacial score (nSPS) is 11.4. The fourth-order valence-corrected chi connectivity index (χ4v) is 4.05. The molecule has 0 bridgehead atoms. The Hall–Kier alpha value is -3.07. The molecule has 3 aromatic rings. The summed E-state index contributed by atoms with van der Waals surface area (Å²) in [5, 5.41) is 0. The van der Waals surface area contributed by atoms with Crippen LogP contribution in [0.2, 0.25) is 0 Å². The monoisotopic (exact) mass is 395 g/mol. The maximum Gasteiger partial charge on any atom is 0.268 e. The van der Waals surface area contributed by atoms with E-state index in [2.05, 4.69) is 0 Å². The summed E-state index contributed by atoms with van der Waals surface area (Å²) in [6, 6.07) is 6.72. The Kier molecular flexibility index (Phi) is 4.79. The molecule has 0 spiro atoms. The molecule has 0 N–H and O–H groups in total. The molecule has 0 saturated carbocycles. The molecular weight excluding hydrogens is 383 g/mol. The van der Waals surface area contributed by atoms with Crippen LogP contribution in [0.1, 0.15) is 10.4 Å². The Balaban J connectivity index is 2.37. The highest BCUT2D eigenvalue weighted by molar-refractivity contribution is 7.90. The number of hydrogen-bond acceptors (Lipinski definition) is 4. The van der Waals surface area contributed by atoms with E-state index in [9.17, 15) is 26.4 Å². The highest BCUT2D eigenvalue weighted by Crippen LogP contribution is 2.38. The first-order valence-corrected chi connectivity index (χ1v) is 8.94. The molecule has 2 aromatic carbocycles. The molecule has 1 aromatic heterocycles. The number of halogens is 3. The third-order valence-electron chi connectivity index (χ3n) is 3.82. The molecule has 5 nitrogen and oxygen atoms in total. The molecule has 9 heteroatoms. The van der Waals surface area contributed by atoms with E-state index in [1.54, 1.807) is 0 Å². The van der Waals surface area contributed by atoms with Crippen LogP contribution in [0.5, 0.6) is 5.75 Å². The second kappa shape index (κ2) is 6.92. The summed E-state index contributed by atoms with van der Waals surface area (Å²) in [5.41, 5.74) is -0.793. The minimum atomic E-state index is -4.41. The van der Waals surface area contributed by atoms with Crippen molar-refractivity contribution in [3.8, 4) is 17.0 Å². The predicted octanol–water partition coefficient (Wildman–Crippen LogP) is 3.63. The number of carbonyl (C=O) groups is 1. The number of aromatic nitrogens is 1. The van der Waals surface area contributed by atoms with E-state index in [0.29, 0.717) is 16.3 Å². The molecule has 0 saturated heterocycles. The van der Waals surface area contributed by atoms with Crippen molar-refractivity contribution in [2.45, 2.75) is 4.90 Å². The van der Waals surface area contributed by atoms with Crippen LogP contribution in [0.3, 0.4) is 0 Å². The molecule has 0 atom stereocenters. The molecule has 0 fully saturated rings. The fraction of sp³-hybridized carbons (Fsp3) is 0.0556. The van der Waals surface area contributed by atoms with Crippen molar-refractivity contribution in [3.63, 3.8) is 0 Å². The Morgan fingerprint density at radius 2 is 1.74 bits per heavy atom. The van der Waals surface area contributed by atoms with Gasteiger partial charge in [0.1, 0.15) is 23.1 Å². The van der Waals surface area contributed by atoms with Crippen LogP contribution in [-0.2, 0) is 10.0 Å². The van der Waals surface area contributed by atoms with E-state index in [0.717, 1.165) is 36.5 Å². The van der Waals surface area contributed by atoms with Gasteiger partial charge in [0.05, 0.1) is 17.6 Å². The van der Waals surface area contributed by atoms with Gasteiger partial charge in [-0.1, -0.05) is 6.07 Å². The van der Waals surface area contributed by atoms with E-state index in [-0.39, 0.29) is 22.6 Å². The van der Waals surface area contributed by atoms with E-state index in [1.165, 1.54) is 13.2 Å². The van der Waals surface area contributed by atoms with Gasteiger partial charge in [-0.2, -0.15) is 0 Å². The minimum absolute atomic E-state index is 0.170. The van der Waals surface area contributed by atoms with Gasteiger partial charge in [0.2, 0.25) is 0 Å². The maximum atomic E-state index is 14.3. The zero-order chi connectivity index (χ0) is 19.8. The molecule has 0 aliphatic rings. The SMILES string of the molecule is COc1c(C=O)cn(S(=O)(=O)c2cccc(F)c2)c1-c1ccc(F)cc1F. The number of benzene rings is 2. The highest BCUT2D eigenvalue weighted by Gasteiger charge is 2.28. The minimum Gasteiger partial charge on any atom is -0.494 e. The van der Waals surface area contributed by atoms with E-state index in [4.69, 9.17) is 4.74 Å². The van der Waals surface area contributed by atoms with Crippen molar-refractivity contribution in [2.24, 2.45) is 0 Å². The van der Waals surface area contributed by atoms with Crippen LogP contribution in [0.25, 0.3) is 11.3 Å². The third-order valence-corrected chi connectivity index (χ3v) is 5.48. The smallest absolute Gasteiger partial charge is 0.268 e. The lowest BCUT2D eigenvalue weighted by Gasteiger charge is -2.13. The zero-order valence-electron chi connectivity index (χ0n) is 13.8. The van der Waals surface area contributed by atoms with E-state index in [1.807, 2.05) is 0 Å². The first kappa shape index (κ1) is 18.7. The summed E-state index contributed by atoms with van der Waals surface area (Å²) in [7, 11) is -3.24. The predicted molar refractivity (Wildman–Crippen MR) is 90.7 cm³/mol. The molecule has 0 amide bonds. The second-order valence-corrected chi connectivity index (χ2v) is 7.28. The zero-order valence-corrected chi connectivity index (χ0v) is 14.6. The lowest BCUT2D eigenvalue weighted by atomic mass is 10.1. The van der Waals surface area contributed by atoms with Crippen molar-refractivity contribution in [1.82, 2.24) is 3.97 Å². The van der Waals surface area contributed by atoms with Crippen LogP contribution >= 0.6 is 0 Å². The number of nitrogens with zero attached hydrogens (tertiary/aromatic N) is 1. The van der Waals surface area contributed by atoms with Gasteiger partial charge in [-0.25, -0.2) is 25.6 Å². The summed E-state index contributed by atoms with van der Waals surface area (Å²) in [6.45, 7) is 0. The third kappa shape index (κ3) is 3.21. The quantitative estimate of drug-likeness (QED) is 0.619. The summed E-state index contributed by atoms with van der Waals surface area (Å²) in [5.74, 6) is -2.92. The summed E-state index contributed by atoms with van der Waals surface area (Å²) in [4.78, 5) is 10.9. The number of hydrogen-bond donors (Lipinski definition) is 0. The largest absolute Gasteiger partial charge is 0.494 e. The topological polar surface area (TPSA) is 65.4 Å². The van der Waals surface area contributed by atoms with Gasteiger partial charge in [-0.3, -0.25) is 4.79 Å². The van der Waals surface area contributed by atoms with Gasteiger partial charge in [0.25, 0.3) is 10.0 Å². The summed E-state index contributed by atoms with van der Waals surface area (Å²) < 4.78 is 72.8. The van der Waals surface area contributed by atoms with Gasteiger partial charge in [-0.15, -0.1) is 0 Å². The standard InChI is InChI=1S/C18H12F3NO4S/c1-26-18-11(10-23)9-22(17(18)15-6-5-13(20)8-16(15)21)27(24,25)14-4-2-3-12(19)7-14/h2-10H,1H3. The number of aldehydes is 1. The van der Waals surface area contributed by atoms with E-state index < -0.39 is 32.4 Å². The summed E-state index contributed by atoms with van der Waals surface area (Å²) in [6.07, 6.45) is 1.27. The van der Waals surface area contributed by atoms with Crippen molar-refractivity contribution < 1.29 is 31.1 Å². The number of carbonyl (C=O) groups excluding carboxylic acids is 1. The van der Waals surface area contributed by atoms with Gasteiger partial charge >= 0.3 is 0 Å². The van der Waals surface area contributed by atoms with Gasteiger partial charge < -0.3 is 4.74 Å². The fourth-order valence-electron chi connectivity index (χ4n) is 2.64. The molecule has 1 heterocycles. The average Bonchev–Trinajstić information content (AvgIpc) is 3.01. The second-order valence-electron chi connectivity index (χ2n) is 5.47. The van der Waals surface area contributed by atoms with E-state index >= 15 is 0 Å². The maximum absolute atomic E-state index is 14.3. The van der Waals surface area contributed by atoms with Crippen LogP contribution < -0.4 is 4.74 Å². The number of methoxy groups -OCH3 is 1. The molecule has 0 radical (unpaired) electrons. The highest BCUT2D eigenvalue weighted by atomic mass is 32.2. The van der Waals surface area contributed by atoms with Crippen molar-refractivity contribution in [2.75, 3.05) is 7.11 Å². The first-order valence-electron chi connectivity index (χ1n) is 7.50. The van der Waals surface area contributed by atoms with Crippen molar-refractivity contribution in [3.05, 3.63) is 71.7 Å². The van der Waals surface area contributed by atoms with Crippen LogP contribution in [0.4, 0.5) is 13.2 Å². The van der Waals surface area contributed by atoms with Crippen molar-refractivity contribution in [1.29, 1.82) is 0 Å². The average molecular weight is 395 g/mol. The van der Waals surface area contributed by atoms with Crippen LogP contribution in [0, 0.1) is 17.5 Å². The van der Waals surface area contributed by atoms with Crippen LogP contribution in [0.15, 0.2) is 53.6 Å². The Labute approximate surface area is 152 Å².